The Morgan fingerprint density at radius 3 is 2.39 bits per heavy atom. The molecule has 4 rings (SSSR count). The van der Waals surface area contributed by atoms with Gasteiger partial charge in [-0.3, -0.25) is 10.1 Å². The van der Waals surface area contributed by atoms with Gasteiger partial charge in [0, 0.05) is 11.3 Å². The molecular weight excluding hydrogens is 377 g/mol. The van der Waals surface area contributed by atoms with E-state index in [0.29, 0.717) is 16.8 Å². The summed E-state index contributed by atoms with van der Waals surface area (Å²) in [7, 11) is 0. The Labute approximate surface area is 165 Å². The number of hydrogen-bond donors (Lipinski definition) is 2. The largest absolute Gasteiger partial charge is 0.332 e. The number of para-hydroxylation sites is 1. The lowest BCUT2D eigenvalue weighted by molar-refractivity contribution is 0.0977. The van der Waals surface area contributed by atoms with E-state index in [1.165, 1.54) is 24.3 Å². The lowest BCUT2D eigenvalue weighted by atomic mass is 10.2. The molecule has 3 aromatic carbocycles. The van der Waals surface area contributed by atoms with Crippen LogP contribution < -0.4 is 10.6 Å². The lowest BCUT2D eigenvalue weighted by Gasteiger charge is -2.09. The molecule has 0 unspecified atom stereocenters. The molecule has 0 saturated carbocycles. The van der Waals surface area contributed by atoms with E-state index in [2.05, 4.69) is 20.8 Å². The molecule has 28 heavy (non-hydrogen) atoms. The second-order valence-corrected chi connectivity index (χ2v) is 6.35. The summed E-state index contributed by atoms with van der Waals surface area (Å²) in [6.45, 7) is 0. The number of carbonyl (C=O) groups excluding carboxylic acids is 1. The second-order valence-electron chi connectivity index (χ2n) is 5.94. The number of nitrogens with one attached hydrogen (secondary N) is 2. The first-order valence-corrected chi connectivity index (χ1v) is 8.80. The van der Waals surface area contributed by atoms with Gasteiger partial charge in [-0.25, -0.2) is 4.39 Å². The third-order valence-electron chi connectivity index (χ3n) is 3.96. The van der Waals surface area contributed by atoms with Crippen LogP contribution in [0.2, 0.25) is 0 Å². The number of anilines is 1. The van der Waals surface area contributed by atoms with Gasteiger partial charge < -0.3 is 5.32 Å². The van der Waals surface area contributed by atoms with Crippen molar-refractivity contribution >= 4 is 40.0 Å². The maximum atomic E-state index is 13.0. The zero-order chi connectivity index (χ0) is 19.5. The Morgan fingerprint density at radius 2 is 1.64 bits per heavy atom. The average Bonchev–Trinajstić information content (AvgIpc) is 3.12. The summed E-state index contributed by atoms with van der Waals surface area (Å²) in [5.41, 5.74) is 3.25. The quantitative estimate of drug-likeness (QED) is 0.521. The number of benzene rings is 3. The number of hydrogen-bond acceptors (Lipinski definition) is 4. The molecule has 0 aliphatic rings. The molecule has 6 nitrogen and oxygen atoms in total. The Morgan fingerprint density at radius 1 is 0.929 bits per heavy atom. The molecule has 0 atom stereocenters. The topological polar surface area (TPSA) is 71.8 Å². The van der Waals surface area contributed by atoms with Crippen molar-refractivity contribution in [2.24, 2.45) is 0 Å². The molecule has 0 bridgehead atoms. The highest BCUT2D eigenvalue weighted by molar-refractivity contribution is 7.80. The molecule has 4 aromatic rings. The van der Waals surface area contributed by atoms with Crippen molar-refractivity contribution < 1.29 is 9.18 Å². The predicted molar refractivity (Wildman–Crippen MR) is 109 cm³/mol. The zero-order valence-electron chi connectivity index (χ0n) is 14.5. The van der Waals surface area contributed by atoms with Crippen molar-refractivity contribution in [3.8, 4) is 5.69 Å². The Kier molecular flexibility index (Phi) is 4.77. The second kappa shape index (κ2) is 7.53. The van der Waals surface area contributed by atoms with Crippen LogP contribution in [0.15, 0.2) is 72.8 Å². The molecule has 1 aromatic heterocycles. The van der Waals surface area contributed by atoms with Gasteiger partial charge in [-0.15, -0.1) is 10.2 Å². The third kappa shape index (κ3) is 3.86. The third-order valence-corrected chi connectivity index (χ3v) is 4.16. The first-order chi connectivity index (χ1) is 13.6. The standard InChI is InChI=1S/C20H14FN5OS/c21-14-8-6-13(7-9-14)19(27)23-20(28)22-15-10-11-17-18(12-15)25-26(24-17)16-4-2-1-3-5-16/h1-12H,(H2,22,23,27,28). The molecule has 0 spiro atoms. The van der Waals surface area contributed by atoms with Crippen LogP contribution in [0.3, 0.4) is 0 Å². The summed E-state index contributed by atoms with van der Waals surface area (Å²) in [5, 5.41) is 14.5. The number of thiocarbonyl (C=S) groups is 1. The van der Waals surface area contributed by atoms with E-state index in [0.717, 1.165) is 11.2 Å². The van der Waals surface area contributed by atoms with Gasteiger partial charge in [0.05, 0.1) is 5.69 Å². The van der Waals surface area contributed by atoms with Crippen LogP contribution in [0.5, 0.6) is 0 Å². The van der Waals surface area contributed by atoms with Crippen LogP contribution >= 0.6 is 12.2 Å². The van der Waals surface area contributed by atoms with E-state index in [1.807, 2.05) is 36.4 Å². The first kappa shape index (κ1) is 17.7. The fourth-order valence-electron chi connectivity index (χ4n) is 2.61. The van der Waals surface area contributed by atoms with E-state index in [1.54, 1.807) is 16.9 Å². The van der Waals surface area contributed by atoms with Crippen LogP contribution in [-0.4, -0.2) is 26.0 Å². The molecule has 1 heterocycles. The summed E-state index contributed by atoms with van der Waals surface area (Å²) < 4.78 is 13.0. The summed E-state index contributed by atoms with van der Waals surface area (Å²) in [4.78, 5) is 13.7. The highest BCUT2D eigenvalue weighted by atomic mass is 32.1. The van der Waals surface area contributed by atoms with Crippen LogP contribution in [0, 0.1) is 5.82 Å². The molecule has 0 aliphatic carbocycles. The minimum atomic E-state index is -0.423. The molecule has 0 saturated heterocycles. The van der Waals surface area contributed by atoms with Gasteiger partial charge in [-0.2, -0.15) is 4.80 Å². The molecule has 8 heteroatoms. The van der Waals surface area contributed by atoms with Crippen LogP contribution in [0.4, 0.5) is 10.1 Å². The van der Waals surface area contributed by atoms with Crippen molar-refractivity contribution in [3.63, 3.8) is 0 Å². The van der Waals surface area contributed by atoms with Gasteiger partial charge in [0.25, 0.3) is 5.91 Å². The predicted octanol–water partition coefficient (Wildman–Crippen LogP) is 3.69. The van der Waals surface area contributed by atoms with Gasteiger partial charge in [-0.05, 0) is 66.8 Å². The van der Waals surface area contributed by atoms with E-state index in [9.17, 15) is 9.18 Å². The van der Waals surface area contributed by atoms with Crippen molar-refractivity contribution in [3.05, 3.63) is 84.2 Å². The maximum absolute atomic E-state index is 13.0. The maximum Gasteiger partial charge on any atom is 0.257 e. The number of amides is 1. The molecule has 0 radical (unpaired) electrons. The fraction of sp³-hybridized carbons (Fsp3) is 0. The van der Waals surface area contributed by atoms with E-state index < -0.39 is 11.7 Å². The molecule has 0 aliphatic heterocycles. The Bertz CT molecular complexity index is 1160. The van der Waals surface area contributed by atoms with Crippen molar-refractivity contribution in [2.45, 2.75) is 0 Å². The van der Waals surface area contributed by atoms with Gasteiger partial charge in [-0.1, -0.05) is 18.2 Å². The van der Waals surface area contributed by atoms with Crippen molar-refractivity contribution in [2.75, 3.05) is 5.32 Å². The Hall–Kier alpha value is -3.65. The number of halogens is 1. The normalized spacial score (nSPS) is 10.6. The molecule has 2 N–H and O–H groups in total. The molecular formula is C20H14FN5OS. The summed E-state index contributed by atoms with van der Waals surface area (Å²) >= 11 is 5.18. The monoisotopic (exact) mass is 391 g/mol. The van der Waals surface area contributed by atoms with Gasteiger partial charge >= 0.3 is 0 Å². The minimum Gasteiger partial charge on any atom is -0.332 e. The smallest absolute Gasteiger partial charge is 0.257 e. The minimum absolute atomic E-state index is 0.129. The van der Waals surface area contributed by atoms with Crippen molar-refractivity contribution in [1.82, 2.24) is 20.3 Å². The molecule has 138 valence electrons. The lowest BCUT2D eigenvalue weighted by Crippen LogP contribution is -2.34. The summed E-state index contributed by atoms with van der Waals surface area (Å²) in [6, 6.07) is 20.2. The zero-order valence-corrected chi connectivity index (χ0v) is 15.3. The fourth-order valence-corrected chi connectivity index (χ4v) is 2.82. The SMILES string of the molecule is O=C(NC(=S)Nc1ccc2nn(-c3ccccc3)nc2c1)c1ccc(F)cc1. The number of rotatable bonds is 3. The first-order valence-electron chi connectivity index (χ1n) is 8.39. The molecule has 1 amide bonds. The van der Waals surface area contributed by atoms with Gasteiger partial charge in [0.1, 0.15) is 16.9 Å². The van der Waals surface area contributed by atoms with Gasteiger partial charge in [0.2, 0.25) is 0 Å². The summed E-state index contributed by atoms with van der Waals surface area (Å²) in [6.07, 6.45) is 0. The number of carbonyl (C=O) groups is 1. The Balaban J connectivity index is 1.47. The highest BCUT2D eigenvalue weighted by Gasteiger charge is 2.10. The molecule has 0 fully saturated rings. The van der Waals surface area contributed by atoms with E-state index in [4.69, 9.17) is 12.2 Å². The van der Waals surface area contributed by atoms with E-state index >= 15 is 0 Å². The van der Waals surface area contributed by atoms with Crippen LogP contribution in [0.1, 0.15) is 10.4 Å². The van der Waals surface area contributed by atoms with Gasteiger partial charge in [0.15, 0.2) is 5.11 Å². The van der Waals surface area contributed by atoms with Crippen LogP contribution in [0.25, 0.3) is 16.7 Å². The van der Waals surface area contributed by atoms with E-state index in [-0.39, 0.29) is 5.11 Å². The number of nitrogens with zero attached hydrogens (tertiary/aromatic N) is 3. The number of aromatic nitrogens is 3. The van der Waals surface area contributed by atoms with Crippen molar-refractivity contribution in [1.29, 1.82) is 0 Å². The highest BCUT2D eigenvalue weighted by Crippen LogP contribution is 2.17. The average molecular weight is 391 g/mol. The number of fused-ring (bicyclic) bond motifs is 1. The van der Waals surface area contributed by atoms with Crippen LogP contribution in [-0.2, 0) is 0 Å². The summed E-state index contributed by atoms with van der Waals surface area (Å²) in [5.74, 6) is -0.831.